The zero-order chi connectivity index (χ0) is 13.3. The van der Waals surface area contributed by atoms with Gasteiger partial charge in [0.2, 0.25) is 5.91 Å². The molecule has 1 saturated heterocycles. The number of amides is 1. The van der Waals surface area contributed by atoms with E-state index in [1.807, 2.05) is 0 Å². The summed E-state index contributed by atoms with van der Waals surface area (Å²) in [6.45, 7) is 0.561. The molecule has 1 aromatic carbocycles. The molecule has 98 valence electrons. The van der Waals surface area contributed by atoms with E-state index in [1.165, 1.54) is 13.1 Å². The molecule has 6 heteroatoms. The van der Waals surface area contributed by atoms with Gasteiger partial charge in [0.1, 0.15) is 11.9 Å². The minimum Gasteiger partial charge on any atom is -0.395 e. The van der Waals surface area contributed by atoms with Crippen LogP contribution in [0.5, 0.6) is 0 Å². The second-order valence-electron chi connectivity index (χ2n) is 4.29. The summed E-state index contributed by atoms with van der Waals surface area (Å²) in [7, 11) is 1.54. The first kappa shape index (κ1) is 12.6. The Morgan fingerprint density at radius 3 is 2.89 bits per heavy atom. The van der Waals surface area contributed by atoms with Crippen LogP contribution < -0.4 is 16.0 Å². The van der Waals surface area contributed by atoms with Crippen molar-refractivity contribution in [3.05, 3.63) is 23.8 Å². The van der Waals surface area contributed by atoms with Crippen molar-refractivity contribution in [1.29, 1.82) is 0 Å². The average Bonchev–Trinajstić information content (AvgIpc) is 2.81. The molecule has 1 amide bonds. The van der Waals surface area contributed by atoms with Crippen molar-refractivity contribution in [3.8, 4) is 0 Å². The molecule has 1 fully saturated rings. The van der Waals surface area contributed by atoms with Gasteiger partial charge in [0.15, 0.2) is 5.82 Å². The number of hydrogen-bond donors (Lipinski definition) is 2. The van der Waals surface area contributed by atoms with E-state index in [-0.39, 0.29) is 17.3 Å². The Kier molecular flexibility index (Phi) is 3.36. The number of carbonyl (C=O) groups excluding carboxylic acids is 1. The van der Waals surface area contributed by atoms with Gasteiger partial charge in [-0.2, -0.15) is 0 Å². The fraction of sp³-hybridized carbons (Fsp3) is 0.417. The fourth-order valence-electron chi connectivity index (χ4n) is 2.30. The van der Waals surface area contributed by atoms with Crippen molar-refractivity contribution < 1.29 is 13.6 Å². The van der Waals surface area contributed by atoms with Gasteiger partial charge in [0.05, 0.1) is 11.4 Å². The number of nitrogens with two attached hydrogens (primary N) is 1. The summed E-state index contributed by atoms with van der Waals surface area (Å²) in [5, 5.41) is 2.55. The molecule has 0 aliphatic carbocycles. The van der Waals surface area contributed by atoms with E-state index in [1.54, 1.807) is 4.90 Å². The van der Waals surface area contributed by atoms with Crippen LogP contribution in [0.25, 0.3) is 0 Å². The molecule has 0 radical (unpaired) electrons. The molecule has 0 saturated carbocycles. The van der Waals surface area contributed by atoms with E-state index in [2.05, 4.69) is 5.32 Å². The predicted octanol–water partition coefficient (Wildman–Crippen LogP) is 1.26. The molecule has 0 spiro atoms. The SMILES string of the molecule is CNC(=O)C1CCCN1c1cc(F)cc(F)c1N. The number of anilines is 2. The predicted molar refractivity (Wildman–Crippen MR) is 65.2 cm³/mol. The van der Waals surface area contributed by atoms with E-state index >= 15 is 0 Å². The molecule has 1 heterocycles. The van der Waals surface area contributed by atoms with E-state index in [0.717, 1.165) is 12.5 Å². The van der Waals surface area contributed by atoms with Crippen molar-refractivity contribution in [1.82, 2.24) is 5.32 Å². The fourth-order valence-corrected chi connectivity index (χ4v) is 2.30. The molecule has 1 aliphatic heterocycles. The highest BCUT2D eigenvalue weighted by Crippen LogP contribution is 2.32. The normalized spacial score (nSPS) is 19.1. The van der Waals surface area contributed by atoms with Crippen molar-refractivity contribution in [3.63, 3.8) is 0 Å². The number of nitrogen functional groups attached to an aromatic ring is 1. The molecule has 2 rings (SSSR count). The topological polar surface area (TPSA) is 58.4 Å². The molecule has 18 heavy (non-hydrogen) atoms. The minimum atomic E-state index is -0.799. The lowest BCUT2D eigenvalue weighted by atomic mass is 10.1. The van der Waals surface area contributed by atoms with Crippen LogP contribution in [0, 0.1) is 11.6 Å². The highest BCUT2D eigenvalue weighted by Gasteiger charge is 2.32. The van der Waals surface area contributed by atoms with Gasteiger partial charge in [-0.1, -0.05) is 0 Å². The van der Waals surface area contributed by atoms with Crippen LogP contribution in [0.3, 0.4) is 0 Å². The number of rotatable bonds is 2. The van der Waals surface area contributed by atoms with Gasteiger partial charge in [-0.3, -0.25) is 4.79 Å². The Morgan fingerprint density at radius 1 is 1.50 bits per heavy atom. The van der Waals surface area contributed by atoms with Crippen molar-refractivity contribution in [2.75, 3.05) is 24.2 Å². The summed E-state index contributed by atoms with van der Waals surface area (Å²) >= 11 is 0. The number of likely N-dealkylation sites (N-methyl/N-ethyl adjacent to an activating group) is 1. The van der Waals surface area contributed by atoms with Crippen molar-refractivity contribution >= 4 is 17.3 Å². The molecule has 3 N–H and O–H groups in total. The van der Waals surface area contributed by atoms with Crippen LogP contribution in [-0.2, 0) is 4.79 Å². The maximum atomic E-state index is 13.4. The molecule has 0 aromatic heterocycles. The maximum Gasteiger partial charge on any atom is 0.242 e. The van der Waals surface area contributed by atoms with Crippen LogP contribution in [0.1, 0.15) is 12.8 Å². The molecule has 1 aliphatic rings. The third-order valence-electron chi connectivity index (χ3n) is 3.18. The Balaban J connectivity index is 2.39. The Morgan fingerprint density at radius 2 is 2.22 bits per heavy atom. The quantitative estimate of drug-likeness (QED) is 0.782. The van der Waals surface area contributed by atoms with Gasteiger partial charge < -0.3 is 16.0 Å². The lowest BCUT2D eigenvalue weighted by Crippen LogP contribution is -2.42. The summed E-state index contributed by atoms with van der Waals surface area (Å²) in [4.78, 5) is 13.4. The first-order valence-electron chi connectivity index (χ1n) is 5.77. The largest absolute Gasteiger partial charge is 0.395 e. The zero-order valence-corrected chi connectivity index (χ0v) is 10.0. The van der Waals surface area contributed by atoms with Gasteiger partial charge in [0, 0.05) is 19.7 Å². The number of nitrogens with zero attached hydrogens (tertiary/aromatic N) is 1. The number of halogens is 2. The summed E-state index contributed by atoms with van der Waals surface area (Å²) < 4.78 is 26.7. The van der Waals surface area contributed by atoms with Crippen LogP contribution in [0.4, 0.5) is 20.2 Å². The molecular formula is C12H15F2N3O. The minimum absolute atomic E-state index is 0.118. The molecular weight excluding hydrogens is 240 g/mol. The third-order valence-corrected chi connectivity index (χ3v) is 3.18. The summed E-state index contributed by atoms with van der Waals surface area (Å²) in [5.74, 6) is -1.66. The Bertz CT molecular complexity index is 479. The number of hydrogen-bond acceptors (Lipinski definition) is 3. The first-order chi connectivity index (χ1) is 8.54. The van der Waals surface area contributed by atoms with E-state index < -0.39 is 17.7 Å². The molecule has 1 atom stereocenters. The summed E-state index contributed by atoms with van der Waals surface area (Å²) in [5.41, 5.74) is 5.75. The molecule has 1 aromatic rings. The van der Waals surface area contributed by atoms with Gasteiger partial charge in [-0.25, -0.2) is 8.78 Å². The number of carbonyl (C=O) groups is 1. The van der Waals surface area contributed by atoms with E-state index in [9.17, 15) is 13.6 Å². The molecule has 0 bridgehead atoms. The lowest BCUT2D eigenvalue weighted by Gasteiger charge is -2.26. The maximum absolute atomic E-state index is 13.4. The zero-order valence-electron chi connectivity index (χ0n) is 10.0. The second kappa shape index (κ2) is 4.80. The van der Waals surface area contributed by atoms with Gasteiger partial charge in [0.25, 0.3) is 0 Å². The second-order valence-corrected chi connectivity index (χ2v) is 4.29. The monoisotopic (exact) mass is 255 g/mol. The highest BCUT2D eigenvalue weighted by atomic mass is 19.1. The van der Waals surface area contributed by atoms with Crippen LogP contribution >= 0.6 is 0 Å². The Hall–Kier alpha value is -1.85. The lowest BCUT2D eigenvalue weighted by molar-refractivity contribution is -0.121. The standard InChI is InChI=1S/C12H15F2N3O/c1-16-12(18)9-3-2-4-17(9)10-6-7(13)5-8(14)11(10)15/h5-6,9H,2-4,15H2,1H3,(H,16,18). The van der Waals surface area contributed by atoms with Crippen LogP contribution in [-0.4, -0.2) is 25.5 Å². The first-order valence-corrected chi connectivity index (χ1v) is 5.77. The summed E-state index contributed by atoms with van der Waals surface area (Å²) in [6.07, 6.45) is 1.44. The van der Waals surface area contributed by atoms with E-state index in [4.69, 9.17) is 5.73 Å². The third kappa shape index (κ3) is 2.10. The average molecular weight is 255 g/mol. The number of nitrogens with one attached hydrogen (secondary N) is 1. The van der Waals surface area contributed by atoms with Crippen LogP contribution in [0.15, 0.2) is 12.1 Å². The number of benzene rings is 1. The van der Waals surface area contributed by atoms with Crippen molar-refractivity contribution in [2.24, 2.45) is 0 Å². The molecule has 4 nitrogen and oxygen atoms in total. The Labute approximate surface area is 104 Å². The van der Waals surface area contributed by atoms with Gasteiger partial charge in [-0.05, 0) is 18.9 Å². The smallest absolute Gasteiger partial charge is 0.242 e. The van der Waals surface area contributed by atoms with Gasteiger partial charge >= 0.3 is 0 Å². The van der Waals surface area contributed by atoms with Crippen LogP contribution in [0.2, 0.25) is 0 Å². The van der Waals surface area contributed by atoms with Gasteiger partial charge in [-0.15, -0.1) is 0 Å². The molecule has 1 unspecified atom stereocenters. The van der Waals surface area contributed by atoms with Crippen molar-refractivity contribution in [2.45, 2.75) is 18.9 Å². The highest BCUT2D eigenvalue weighted by molar-refractivity contribution is 5.87. The summed E-state index contributed by atoms with van der Waals surface area (Å²) in [6, 6.07) is 1.49. The van der Waals surface area contributed by atoms with E-state index in [0.29, 0.717) is 13.0 Å².